The maximum atomic E-state index is 13.0. The van der Waals surface area contributed by atoms with Crippen LogP contribution in [0.1, 0.15) is 57.1 Å². The number of fused-ring (bicyclic) bond motifs is 1. The van der Waals surface area contributed by atoms with E-state index in [0.29, 0.717) is 58.8 Å². The number of aliphatic hydroxyl groups excluding tert-OH is 1. The minimum Gasteiger partial charge on any atom is -0.611 e. The van der Waals surface area contributed by atoms with E-state index in [-0.39, 0.29) is 37.0 Å². The van der Waals surface area contributed by atoms with Crippen molar-refractivity contribution in [3.63, 3.8) is 0 Å². The lowest BCUT2D eigenvalue weighted by Gasteiger charge is -2.44. The predicted octanol–water partition coefficient (Wildman–Crippen LogP) is 1.93. The van der Waals surface area contributed by atoms with Crippen LogP contribution in [0.5, 0.6) is 5.75 Å². The Bertz CT molecular complexity index is 2180. The molecule has 1 saturated carbocycles. The number of carbonyl (C=O) groups is 3. The third-order valence-electron chi connectivity index (χ3n) is 14.9. The van der Waals surface area contributed by atoms with Gasteiger partial charge in [0.15, 0.2) is 12.4 Å². The number of anilines is 5. The standard InChI is InChI=1S/C46H63N13O6S/c60-32-46(12-1-13-46)52-42-41-38(11-27-66(41)64)49-44(51-42)58-25-23-57(24-26-58)43-47-28-36(29-48-43)54-14-6-33(7-15-54)30-53-19-21-55(22-20-53)34-8-16-56(17-9-34)40(62)31-65-37-4-2-35(3-5-37)59-18-10-39(61)50-45(59)63/h2-5,28-29,33-34,60H,1,6-27,30-32H2,(H,49,51,52)(H,50,61,63)/t66-/m1/s1. The molecule has 0 spiro atoms. The highest BCUT2D eigenvalue weighted by Crippen LogP contribution is 2.39. The number of aromatic nitrogens is 4. The Labute approximate surface area is 389 Å². The molecule has 10 rings (SSSR count). The maximum Gasteiger partial charge on any atom is 0.328 e. The molecule has 0 unspecified atom stereocenters. The van der Waals surface area contributed by atoms with Gasteiger partial charge in [-0.3, -0.25) is 24.7 Å². The Hall–Kier alpha value is -5.02. The number of piperazine rings is 2. The summed E-state index contributed by atoms with van der Waals surface area (Å²) in [6, 6.07) is 7.11. The number of hydrogen-bond acceptors (Lipinski definition) is 16. The smallest absolute Gasteiger partial charge is 0.328 e. The quantitative estimate of drug-likeness (QED) is 0.210. The first-order valence-corrected chi connectivity index (χ1v) is 25.3. The fraction of sp³-hybridized carbons (Fsp3) is 0.630. The van der Waals surface area contributed by atoms with Gasteiger partial charge in [0.2, 0.25) is 22.7 Å². The lowest BCUT2D eigenvalue weighted by Crippen LogP contribution is -2.54. The molecule has 1 aromatic carbocycles. The molecule has 1 aliphatic carbocycles. The molecule has 3 N–H and O–H groups in total. The van der Waals surface area contributed by atoms with Gasteiger partial charge >= 0.3 is 6.03 Å². The average Bonchev–Trinajstić information content (AvgIpc) is 3.73. The topological polar surface area (TPSA) is 202 Å². The lowest BCUT2D eigenvalue weighted by molar-refractivity contribution is -0.135. The van der Waals surface area contributed by atoms with E-state index in [1.165, 1.54) is 4.90 Å². The molecule has 5 saturated heterocycles. The van der Waals surface area contributed by atoms with Gasteiger partial charge in [-0.15, -0.1) is 0 Å². The number of nitrogens with zero attached hydrogens (tertiary/aromatic N) is 11. The van der Waals surface area contributed by atoms with Gasteiger partial charge in [0.05, 0.1) is 30.2 Å². The van der Waals surface area contributed by atoms with Crippen molar-refractivity contribution in [3.05, 3.63) is 42.4 Å². The predicted molar refractivity (Wildman–Crippen MR) is 251 cm³/mol. The summed E-state index contributed by atoms with van der Waals surface area (Å²) in [5.74, 6) is 3.57. The first kappa shape index (κ1) is 44.8. The molecule has 19 nitrogen and oxygen atoms in total. The summed E-state index contributed by atoms with van der Waals surface area (Å²) in [7, 11) is 0. The number of piperidine rings is 2. The number of benzene rings is 1. The Morgan fingerprint density at radius 1 is 0.818 bits per heavy atom. The zero-order valence-corrected chi connectivity index (χ0v) is 38.6. The van der Waals surface area contributed by atoms with Crippen LogP contribution in [-0.2, 0) is 27.2 Å². The number of aryl methyl sites for hydroxylation is 1. The largest absolute Gasteiger partial charge is 0.611 e. The van der Waals surface area contributed by atoms with Crippen molar-refractivity contribution in [2.45, 2.75) is 74.3 Å². The van der Waals surface area contributed by atoms with Crippen molar-refractivity contribution >= 4 is 58.1 Å². The van der Waals surface area contributed by atoms with Crippen LogP contribution >= 0.6 is 0 Å². The molecule has 6 aliphatic heterocycles. The number of imide groups is 1. The van der Waals surface area contributed by atoms with E-state index >= 15 is 0 Å². The zero-order chi connectivity index (χ0) is 45.2. The molecular formula is C46H63N13O6S. The van der Waals surface area contributed by atoms with E-state index in [4.69, 9.17) is 24.7 Å². The Morgan fingerprint density at radius 2 is 1.52 bits per heavy atom. The van der Waals surface area contributed by atoms with Crippen LogP contribution < -0.4 is 35.0 Å². The van der Waals surface area contributed by atoms with Crippen molar-refractivity contribution in [2.75, 3.05) is 136 Å². The van der Waals surface area contributed by atoms with Gasteiger partial charge in [-0.1, -0.05) is 0 Å². The number of likely N-dealkylation sites (tertiary alicyclic amines) is 1. The third-order valence-corrected chi connectivity index (χ3v) is 16.4. The molecule has 0 bridgehead atoms. The van der Waals surface area contributed by atoms with E-state index in [2.05, 4.69) is 35.1 Å². The average molecular weight is 926 g/mol. The summed E-state index contributed by atoms with van der Waals surface area (Å²) in [6.07, 6.45) is 12.0. The summed E-state index contributed by atoms with van der Waals surface area (Å²) in [4.78, 5) is 72.3. The van der Waals surface area contributed by atoms with Crippen molar-refractivity contribution in [3.8, 4) is 5.75 Å². The molecule has 1 atom stereocenters. The molecule has 20 heteroatoms. The highest BCUT2D eigenvalue weighted by atomic mass is 32.2. The van der Waals surface area contributed by atoms with E-state index in [0.717, 1.165) is 147 Å². The monoisotopic (exact) mass is 925 g/mol. The number of urea groups is 1. The van der Waals surface area contributed by atoms with Crippen LogP contribution in [0.25, 0.3) is 0 Å². The second-order valence-electron chi connectivity index (χ2n) is 19.0. The maximum absolute atomic E-state index is 13.0. The molecule has 354 valence electrons. The third kappa shape index (κ3) is 9.84. The van der Waals surface area contributed by atoms with Crippen molar-refractivity contribution < 1.29 is 28.8 Å². The number of nitrogens with one attached hydrogen (secondary N) is 2. The van der Waals surface area contributed by atoms with Gasteiger partial charge < -0.3 is 44.2 Å². The number of hydrogen-bond donors (Lipinski definition) is 3. The van der Waals surface area contributed by atoms with E-state index < -0.39 is 17.2 Å². The molecule has 6 fully saturated rings. The lowest BCUT2D eigenvalue weighted by atomic mass is 9.77. The van der Waals surface area contributed by atoms with Crippen LogP contribution in [0.3, 0.4) is 0 Å². The van der Waals surface area contributed by atoms with Crippen molar-refractivity contribution in [2.24, 2.45) is 5.92 Å². The fourth-order valence-electron chi connectivity index (χ4n) is 10.6. The Morgan fingerprint density at radius 3 is 2.17 bits per heavy atom. The van der Waals surface area contributed by atoms with Crippen LogP contribution in [-0.4, -0.2) is 184 Å². The molecule has 66 heavy (non-hydrogen) atoms. The number of ether oxygens (including phenoxy) is 1. The molecule has 0 radical (unpaired) electrons. The number of aliphatic hydroxyl groups is 1. The molecule has 2 aromatic heterocycles. The van der Waals surface area contributed by atoms with E-state index in [1.807, 2.05) is 17.3 Å². The molecule has 7 aliphatic rings. The first-order chi connectivity index (χ1) is 32.2. The first-order valence-electron chi connectivity index (χ1n) is 24.0. The highest BCUT2D eigenvalue weighted by molar-refractivity contribution is 7.91. The number of rotatable bonds is 13. The summed E-state index contributed by atoms with van der Waals surface area (Å²) in [6.45, 7) is 12.3. The van der Waals surface area contributed by atoms with Crippen LogP contribution in [0.15, 0.2) is 41.6 Å². The van der Waals surface area contributed by atoms with E-state index in [1.54, 1.807) is 24.3 Å². The normalized spacial score (nSPS) is 23.4. The summed E-state index contributed by atoms with van der Waals surface area (Å²) >= 11 is -1.12. The second kappa shape index (κ2) is 19.7. The van der Waals surface area contributed by atoms with Crippen molar-refractivity contribution in [1.82, 2.24) is 40.0 Å². The SMILES string of the molecule is O=C1CCN(c2ccc(OCC(=O)N3CCC(N4CCN(CC5CCN(c6cnc(N7CCN(c8nc9c(c(NC%10(CO)CCC%10)n8)[S@+]([O-])CC9)CC7)nc6)CC5)CC4)CC3)cc2)C(=O)N1. The molecular weight excluding hydrogens is 863 g/mol. The van der Waals surface area contributed by atoms with Gasteiger partial charge in [0, 0.05) is 116 Å². The highest BCUT2D eigenvalue weighted by Gasteiger charge is 2.41. The van der Waals surface area contributed by atoms with Gasteiger partial charge in [-0.2, -0.15) is 4.98 Å². The minimum absolute atomic E-state index is 0.00774. The van der Waals surface area contributed by atoms with Crippen LogP contribution in [0, 0.1) is 5.92 Å². The van der Waals surface area contributed by atoms with Gasteiger partial charge in [-0.05, 0) is 86.3 Å². The molecule has 3 aromatic rings. The Kier molecular flexibility index (Phi) is 13.4. The fourth-order valence-corrected chi connectivity index (χ4v) is 11.9. The van der Waals surface area contributed by atoms with Gasteiger partial charge in [0.25, 0.3) is 5.91 Å². The minimum atomic E-state index is -1.12. The summed E-state index contributed by atoms with van der Waals surface area (Å²) in [5, 5.41) is 15.9. The number of carbonyl (C=O) groups excluding carboxylic acids is 3. The molecule has 8 heterocycles. The van der Waals surface area contributed by atoms with Gasteiger partial charge in [-0.25, -0.2) is 19.7 Å². The second-order valence-corrected chi connectivity index (χ2v) is 20.5. The zero-order valence-electron chi connectivity index (χ0n) is 37.8. The van der Waals surface area contributed by atoms with Crippen LogP contribution in [0.4, 0.5) is 33.9 Å². The van der Waals surface area contributed by atoms with Gasteiger partial charge in [0.1, 0.15) is 17.2 Å². The molecule has 4 amide bonds. The Balaban J connectivity index is 0.616. The van der Waals surface area contributed by atoms with Crippen LogP contribution in [0.2, 0.25) is 0 Å². The summed E-state index contributed by atoms with van der Waals surface area (Å²) < 4.78 is 18.7. The number of amides is 4. The van der Waals surface area contributed by atoms with Crippen molar-refractivity contribution in [1.29, 1.82) is 0 Å². The summed E-state index contributed by atoms with van der Waals surface area (Å²) in [5.41, 5.74) is 2.24. The van der Waals surface area contributed by atoms with E-state index in [9.17, 15) is 24.0 Å².